The predicted molar refractivity (Wildman–Crippen MR) is 106 cm³/mol. The van der Waals surface area contributed by atoms with Crippen LogP contribution in [0, 0.1) is 17.3 Å². The van der Waals surface area contributed by atoms with E-state index in [1.165, 1.54) is 42.4 Å². The Kier molecular flexibility index (Phi) is 3.64. The second kappa shape index (κ2) is 5.81. The zero-order chi connectivity index (χ0) is 17.9. The average Bonchev–Trinajstić information content (AvgIpc) is 2.96. The van der Waals surface area contributed by atoms with Crippen LogP contribution in [0.2, 0.25) is 0 Å². The molecule has 134 valence electrons. The predicted octanol–water partition coefficient (Wildman–Crippen LogP) is 6.14. The number of ketones is 1. The Bertz CT molecular complexity index is 840. The van der Waals surface area contributed by atoms with Crippen LogP contribution in [0.15, 0.2) is 65.3 Å². The zero-order valence-corrected chi connectivity index (χ0v) is 15.8. The molecule has 26 heavy (non-hydrogen) atoms. The quantitative estimate of drug-likeness (QED) is 0.559. The van der Waals surface area contributed by atoms with Crippen molar-refractivity contribution in [3.63, 3.8) is 0 Å². The highest BCUT2D eigenvalue weighted by molar-refractivity contribution is 5.93. The molecule has 1 nitrogen and oxygen atoms in total. The number of fused-ring (bicyclic) bond motifs is 4. The molecule has 4 atom stereocenters. The van der Waals surface area contributed by atoms with Crippen LogP contribution in [-0.2, 0) is 4.79 Å². The van der Waals surface area contributed by atoms with E-state index in [-0.39, 0.29) is 5.41 Å². The SMILES string of the molecule is C=C1CCC2C3CCC4=CC(=O)CCC4=C3[C@@H](c3ccccc3)C[C@]12C. The summed E-state index contributed by atoms with van der Waals surface area (Å²) in [6, 6.07) is 11.1. The summed E-state index contributed by atoms with van der Waals surface area (Å²) in [7, 11) is 0. The van der Waals surface area contributed by atoms with Crippen LogP contribution < -0.4 is 0 Å². The lowest BCUT2D eigenvalue weighted by Gasteiger charge is -2.51. The van der Waals surface area contributed by atoms with Crippen LogP contribution >= 0.6 is 0 Å². The van der Waals surface area contributed by atoms with Crippen molar-refractivity contribution in [2.45, 2.75) is 57.8 Å². The minimum Gasteiger partial charge on any atom is -0.295 e. The monoisotopic (exact) mass is 344 g/mol. The van der Waals surface area contributed by atoms with Gasteiger partial charge >= 0.3 is 0 Å². The summed E-state index contributed by atoms with van der Waals surface area (Å²) >= 11 is 0. The molecule has 1 aromatic rings. The Morgan fingerprint density at radius 1 is 1.04 bits per heavy atom. The van der Waals surface area contributed by atoms with Crippen LogP contribution in [-0.4, -0.2) is 5.78 Å². The fourth-order valence-electron chi connectivity index (χ4n) is 6.55. The summed E-state index contributed by atoms with van der Waals surface area (Å²) in [5, 5.41) is 0. The summed E-state index contributed by atoms with van der Waals surface area (Å²) in [6.45, 7) is 6.98. The lowest BCUT2D eigenvalue weighted by molar-refractivity contribution is -0.114. The lowest BCUT2D eigenvalue weighted by Crippen LogP contribution is -2.41. The van der Waals surface area contributed by atoms with Gasteiger partial charge in [-0.3, -0.25) is 4.79 Å². The molecule has 4 aliphatic carbocycles. The molecule has 0 aliphatic heterocycles. The van der Waals surface area contributed by atoms with E-state index >= 15 is 0 Å². The molecule has 0 amide bonds. The molecule has 2 saturated carbocycles. The van der Waals surface area contributed by atoms with Crippen molar-refractivity contribution < 1.29 is 4.79 Å². The Hall–Kier alpha value is -1.89. The molecule has 0 spiro atoms. The third-order valence-electron chi connectivity index (χ3n) is 7.89. The number of carbonyl (C=O) groups excluding carboxylic acids is 1. The largest absolute Gasteiger partial charge is 0.295 e. The van der Waals surface area contributed by atoms with E-state index in [4.69, 9.17) is 0 Å². The van der Waals surface area contributed by atoms with Gasteiger partial charge in [0.15, 0.2) is 5.78 Å². The zero-order valence-electron chi connectivity index (χ0n) is 15.8. The van der Waals surface area contributed by atoms with Gasteiger partial charge in [0.1, 0.15) is 0 Å². The first-order chi connectivity index (χ1) is 12.6. The number of hydrogen-bond donors (Lipinski definition) is 0. The summed E-state index contributed by atoms with van der Waals surface area (Å²) in [5.41, 5.74) is 7.81. The molecular formula is C25H28O. The first-order valence-electron chi connectivity index (χ1n) is 10.3. The highest BCUT2D eigenvalue weighted by Gasteiger charge is 2.53. The van der Waals surface area contributed by atoms with Crippen LogP contribution in [0.5, 0.6) is 0 Å². The maximum absolute atomic E-state index is 12.0. The van der Waals surface area contributed by atoms with Gasteiger partial charge in [-0.15, -0.1) is 0 Å². The summed E-state index contributed by atoms with van der Waals surface area (Å²) in [6.07, 6.45) is 9.63. The maximum atomic E-state index is 12.0. The molecule has 0 bridgehead atoms. The van der Waals surface area contributed by atoms with Crippen LogP contribution in [0.4, 0.5) is 0 Å². The van der Waals surface area contributed by atoms with Crippen molar-refractivity contribution >= 4 is 5.78 Å². The van der Waals surface area contributed by atoms with E-state index in [9.17, 15) is 4.79 Å². The molecule has 1 heteroatoms. The summed E-state index contributed by atoms with van der Waals surface area (Å²) in [4.78, 5) is 12.0. The minimum atomic E-state index is 0.279. The fourth-order valence-corrected chi connectivity index (χ4v) is 6.55. The molecule has 2 unspecified atom stereocenters. The minimum absolute atomic E-state index is 0.279. The van der Waals surface area contributed by atoms with Gasteiger partial charge in [-0.2, -0.15) is 0 Å². The first kappa shape index (κ1) is 16.3. The molecule has 0 N–H and O–H groups in total. The molecule has 0 heterocycles. The Balaban J connectivity index is 1.70. The first-order valence-corrected chi connectivity index (χ1v) is 10.3. The second-order valence-corrected chi connectivity index (χ2v) is 9.05. The number of carbonyl (C=O) groups is 1. The van der Waals surface area contributed by atoms with Crippen molar-refractivity contribution in [3.8, 4) is 0 Å². The van der Waals surface area contributed by atoms with Gasteiger partial charge in [-0.05, 0) is 78.6 Å². The van der Waals surface area contributed by atoms with Gasteiger partial charge in [-0.25, -0.2) is 0 Å². The van der Waals surface area contributed by atoms with Crippen molar-refractivity contribution in [2.24, 2.45) is 17.3 Å². The van der Waals surface area contributed by atoms with E-state index in [2.05, 4.69) is 43.8 Å². The van der Waals surface area contributed by atoms with Crippen molar-refractivity contribution in [3.05, 3.63) is 70.8 Å². The molecule has 4 aliphatic rings. The Labute approximate surface area is 156 Å². The van der Waals surface area contributed by atoms with Gasteiger partial charge in [0, 0.05) is 12.3 Å². The van der Waals surface area contributed by atoms with Crippen molar-refractivity contribution in [1.82, 2.24) is 0 Å². The van der Waals surface area contributed by atoms with Crippen LogP contribution in [0.3, 0.4) is 0 Å². The van der Waals surface area contributed by atoms with Gasteiger partial charge < -0.3 is 0 Å². The van der Waals surface area contributed by atoms with E-state index in [0.717, 1.165) is 18.8 Å². The Morgan fingerprint density at radius 2 is 1.85 bits per heavy atom. The highest BCUT2D eigenvalue weighted by Crippen LogP contribution is 2.65. The number of rotatable bonds is 1. The van der Waals surface area contributed by atoms with Gasteiger partial charge in [-0.1, -0.05) is 55.0 Å². The van der Waals surface area contributed by atoms with E-state index in [1.807, 2.05) is 6.08 Å². The third kappa shape index (κ3) is 2.25. The number of hydrogen-bond acceptors (Lipinski definition) is 1. The molecule has 0 radical (unpaired) electrons. The van der Waals surface area contributed by atoms with Crippen molar-refractivity contribution in [1.29, 1.82) is 0 Å². The van der Waals surface area contributed by atoms with E-state index in [0.29, 0.717) is 24.0 Å². The molecular weight excluding hydrogens is 316 g/mol. The lowest BCUT2D eigenvalue weighted by atomic mass is 9.53. The van der Waals surface area contributed by atoms with Crippen LogP contribution in [0.1, 0.15) is 63.4 Å². The van der Waals surface area contributed by atoms with Crippen molar-refractivity contribution in [2.75, 3.05) is 0 Å². The highest BCUT2D eigenvalue weighted by atomic mass is 16.1. The van der Waals surface area contributed by atoms with E-state index < -0.39 is 0 Å². The second-order valence-electron chi connectivity index (χ2n) is 9.05. The molecule has 2 fully saturated rings. The van der Waals surface area contributed by atoms with Crippen LogP contribution in [0.25, 0.3) is 0 Å². The fraction of sp³-hybridized carbons (Fsp3) is 0.480. The molecule has 0 saturated heterocycles. The van der Waals surface area contributed by atoms with Gasteiger partial charge in [0.2, 0.25) is 0 Å². The number of benzene rings is 1. The molecule has 5 rings (SSSR count). The average molecular weight is 344 g/mol. The molecule has 1 aromatic carbocycles. The summed E-state index contributed by atoms with van der Waals surface area (Å²) in [5.74, 6) is 2.24. The van der Waals surface area contributed by atoms with Gasteiger partial charge in [0.25, 0.3) is 0 Å². The maximum Gasteiger partial charge on any atom is 0.156 e. The topological polar surface area (TPSA) is 17.1 Å². The van der Waals surface area contributed by atoms with Gasteiger partial charge in [0.05, 0.1) is 0 Å². The van der Waals surface area contributed by atoms with E-state index in [1.54, 1.807) is 11.1 Å². The third-order valence-corrected chi connectivity index (χ3v) is 7.89. The smallest absolute Gasteiger partial charge is 0.156 e. The summed E-state index contributed by atoms with van der Waals surface area (Å²) < 4.78 is 0. The normalized spacial score (nSPS) is 36.3. The standard InChI is InChI=1S/C25H28O/c1-16-8-13-23-21-11-9-18-14-19(26)10-12-20(18)24(21)22(15-25(16,23)2)17-6-4-3-5-7-17/h3-7,14,21-23H,1,8-13,15H2,2H3/t21?,22-,23?,25-/m1/s1. The molecule has 0 aromatic heterocycles. The Morgan fingerprint density at radius 3 is 2.65 bits per heavy atom. The number of allylic oxidation sites excluding steroid dienone is 5.